The van der Waals surface area contributed by atoms with Crippen LogP contribution in [0.3, 0.4) is 0 Å². The third kappa shape index (κ3) is 3.49. The summed E-state index contributed by atoms with van der Waals surface area (Å²) < 4.78 is 61.3. The molecule has 0 spiro atoms. The smallest absolute Gasteiger partial charge is 0.268 e. The molecule has 2 aromatic carbocycles. The van der Waals surface area contributed by atoms with Gasteiger partial charge >= 0.3 is 0 Å². The van der Waals surface area contributed by atoms with Crippen LogP contribution in [-0.4, -0.2) is 39.2 Å². The first-order chi connectivity index (χ1) is 15.3. The topological polar surface area (TPSA) is 94.1 Å². The van der Waals surface area contributed by atoms with Crippen LogP contribution in [0.25, 0.3) is 23.0 Å². The summed E-state index contributed by atoms with van der Waals surface area (Å²) in [6.07, 6.45) is 0.443. The second-order valence-corrected chi connectivity index (χ2v) is 9.30. The number of halogens is 2. The maximum absolute atomic E-state index is 13.2. The minimum Gasteiger partial charge on any atom is -0.415 e. The lowest BCUT2D eigenvalue weighted by molar-refractivity contribution is 0.386. The molecule has 4 aromatic rings. The number of rotatable bonds is 4. The molecule has 0 aliphatic carbocycles. The van der Waals surface area contributed by atoms with Crippen molar-refractivity contribution in [2.24, 2.45) is 7.05 Å². The monoisotopic (exact) mass is 457 g/mol. The molecule has 1 aliphatic rings. The normalized spacial score (nSPS) is 14.5. The summed E-state index contributed by atoms with van der Waals surface area (Å²) in [5.41, 5.74) is 2.48. The predicted molar refractivity (Wildman–Crippen MR) is 110 cm³/mol. The molecule has 0 bridgehead atoms. The zero-order chi connectivity index (χ0) is 22.5. The molecule has 0 amide bonds. The van der Waals surface area contributed by atoms with E-state index < -0.39 is 15.8 Å². The van der Waals surface area contributed by atoms with Crippen LogP contribution in [0.5, 0.6) is 0 Å². The van der Waals surface area contributed by atoms with Gasteiger partial charge in [-0.3, -0.25) is 4.68 Å². The third-order valence-corrected chi connectivity index (χ3v) is 7.24. The standard InChI is InChI=1S/C21H17F2N5O3S/c1-27-18-10-11-28(32(29,30)16-8-6-15(23)7-9-16)12-17(18)19(26-27)21-25-24-20(31-21)13-2-4-14(22)5-3-13/h2-9H,10-12H2,1H3. The van der Waals surface area contributed by atoms with Gasteiger partial charge in [0.15, 0.2) is 5.69 Å². The van der Waals surface area contributed by atoms with E-state index in [0.717, 1.165) is 17.8 Å². The van der Waals surface area contributed by atoms with Crippen molar-refractivity contribution in [1.29, 1.82) is 0 Å². The van der Waals surface area contributed by atoms with Gasteiger partial charge in [0.1, 0.15) is 11.6 Å². The zero-order valence-electron chi connectivity index (χ0n) is 16.9. The molecule has 0 atom stereocenters. The molecule has 0 saturated carbocycles. The molecule has 8 nitrogen and oxygen atoms in total. The van der Waals surface area contributed by atoms with Crippen molar-refractivity contribution in [3.8, 4) is 23.0 Å². The second-order valence-electron chi connectivity index (χ2n) is 7.36. The first-order valence-electron chi connectivity index (χ1n) is 9.73. The number of aryl methyl sites for hydroxylation is 1. The number of nitrogens with zero attached hydrogens (tertiary/aromatic N) is 5. The highest BCUT2D eigenvalue weighted by Crippen LogP contribution is 2.32. The number of benzene rings is 2. The number of sulfonamides is 1. The highest BCUT2D eigenvalue weighted by Gasteiger charge is 2.33. The van der Waals surface area contributed by atoms with Gasteiger partial charge in [-0.2, -0.15) is 9.40 Å². The lowest BCUT2D eigenvalue weighted by Crippen LogP contribution is -2.36. The van der Waals surface area contributed by atoms with Crippen LogP contribution < -0.4 is 0 Å². The van der Waals surface area contributed by atoms with Gasteiger partial charge in [-0.1, -0.05) is 0 Å². The van der Waals surface area contributed by atoms with Crippen LogP contribution in [0, 0.1) is 11.6 Å². The average molecular weight is 457 g/mol. The average Bonchev–Trinajstić information content (AvgIpc) is 3.39. The Labute approximate surface area is 182 Å². The molecule has 2 aromatic heterocycles. The third-order valence-electron chi connectivity index (χ3n) is 5.38. The van der Waals surface area contributed by atoms with E-state index in [1.807, 2.05) is 0 Å². The highest BCUT2D eigenvalue weighted by atomic mass is 32.2. The van der Waals surface area contributed by atoms with Crippen molar-refractivity contribution in [2.45, 2.75) is 17.9 Å². The summed E-state index contributed by atoms with van der Waals surface area (Å²) in [4.78, 5) is 0.0178. The fourth-order valence-electron chi connectivity index (χ4n) is 3.73. The van der Waals surface area contributed by atoms with E-state index in [0.29, 0.717) is 23.2 Å². The first kappa shape index (κ1) is 20.5. The Kier molecular flexibility index (Phi) is 4.86. The number of hydrogen-bond donors (Lipinski definition) is 0. The molecule has 1 aliphatic heterocycles. The van der Waals surface area contributed by atoms with E-state index >= 15 is 0 Å². The van der Waals surface area contributed by atoms with Crippen molar-refractivity contribution in [2.75, 3.05) is 6.54 Å². The molecule has 0 radical (unpaired) electrons. The summed E-state index contributed by atoms with van der Waals surface area (Å²) in [6.45, 7) is 0.322. The number of hydrogen-bond acceptors (Lipinski definition) is 6. The van der Waals surface area contributed by atoms with Crippen molar-refractivity contribution < 1.29 is 21.6 Å². The van der Waals surface area contributed by atoms with Gasteiger partial charge in [-0.05, 0) is 48.5 Å². The largest absolute Gasteiger partial charge is 0.415 e. The Balaban J connectivity index is 1.49. The van der Waals surface area contributed by atoms with Crippen LogP contribution in [0.1, 0.15) is 11.3 Å². The molecular weight excluding hydrogens is 440 g/mol. The quantitative estimate of drug-likeness (QED) is 0.467. The molecule has 0 fully saturated rings. The fourth-order valence-corrected chi connectivity index (χ4v) is 5.14. The predicted octanol–water partition coefficient (Wildman–Crippen LogP) is 3.16. The summed E-state index contributed by atoms with van der Waals surface area (Å²) in [7, 11) is -2.06. The molecule has 3 heterocycles. The van der Waals surface area contributed by atoms with Crippen molar-refractivity contribution >= 4 is 10.0 Å². The summed E-state index contributed by atoms with van der Waals surface area (Å²) in [5, 5.41) is 12.6. The van der Waals surface area contributed by atoms with Gasteiger partial charge in [0.05, 0.1) is 4.90 Å². The van der Waals surface area contributed by atoms with Crippen LogP contribution >= 0.6 is 0 Å². The van der Waals surface area contributed by atoms with E-state index in [-0.39, 0.29) is 35.6 Å². The molecule has 0 unspecified atom stereocenters. The van der Waals surface area contributed by atoms with Crippen molar-refractivity contribution in [1.82, 2.24) is 24.3 Å². The fraction of sp³-hybridized carbons (Fsp3) is 0.190. The molecule has 5 rings (SSSR count). The van der Waals surface area contributed by atoms with Gasteiger partial charge < -0.3 is 4.42 Å². The molecule has 0 saturated heterocycles. The lowest BCUT2D eigenvalue weighted by Gasteiger charge is -2.26. The minimum atomic E-state index is -3.83. The van der Waals surface area contributed by atoms with Gasteiger partial charge in [0.25, 0.3) is 5.89 Å². The van der Waals surface area contributed by atoms with E-state index in [9.17, 15) is 17.2 Å². The summed E-state index contributed by atoms with van der Waals surface area (Å²) in [5.74, 6) is -0.546. The first-order valence-corrected chi connectivity index (χ1v) is 11.2. The molecular formula is C21H17F2N5O3S. The number of aromatic nitrogens is 4. The minimum absolute atomic E-state index is 0.0178. The van der Waals surface area contributed by atoms with E-state index in [1.165, 1.54) is 40.7 Å². The van der Waals surface area contributed by atoms with Crippen LogP contribution in [0.15, 0.2) is 57.8 Å². The van der Waals surface area contributed by atoms with Gasteiger partial charge in [0, 0.05) is 43.4 Å². The second kappa shape index (κ2) is 7.61. The Morgan fingerprint density at radius 3 is 2.25 bits per heavy atom. The van der Waals surface area contributed by atoms with Crippen LogP contribution in [0.4, 0.5) is 8.78 Å². The highest BCUT2D eigenvalue weighted by molar-refractivity contribution is 7.89. The van der Waals surface area contributed by atoms with E-state index in [4.69, 9.17) is 4.42 Å². The SMILES string of the molecule is Cn1nc(-c2nnc(-c3ccc(F)cc3)o2)c2c1CCN(S(=O)(=O)c1ccc(F)cc1)C2. The van der Waals surface area contributed by atoms with Crippen LogP contribution in [0.2, 0.25) is 0 Å². The Morgan fingerprint density at radius 2 is 1.56 bits per heavy atom. The van der Waals surface area contributed by atoms with Crippen molar-refractivity contribution in [3.63, 3.8) is 0 Å². The molecule has 0 N–H and O–H groups in total. The number of fused-ring (bicyclic) bond motifs is 1. The summed E-state index contributed by atoms with van der Waals surface area (Å²) in [6, 6.07) is 10.4. The Morgan fingerprint density at radius 1 is 0.938 bits per heavy atom. The van der Waals surface area contributed by atoms with Crippen molar-refractivity contribution in [3.05, 3.63) is 71.4 Å². The molecule has 164 valence electrons. The zero-order valence-corrected chi connectivity index (χ0v) is 17.7. The van der Waals surface area contributed by atoms with Gasteiger partial charge in [-0.25, -0.2) is 17.2 Å². The maximum Gasteiger partial charge on any atom is 0.268 e. The van der Waals surface area contributed by atoms with Gasteiger partial charge in [-0.15, -0.1) is 10.2 Å². The molecule has 11 heteroatoms. The van der Waals surface area contributed by atoms with Crippen LogP contribution in [-0.2, 0) is 30.0 Å². The van der Waals surface area contributed by atoms with Gasteiger partial charge in [0.2, 0.25) is 15.9 Å². The Bertz CT molecular complexity index is 1400. The van der Waals surface area contributed by atoms with E-state index in [2.05, 4.69) is 15.3 Å². The summed E-state index contributed by atoms with van der Waals surface area (Å²) >= 11 is 0. The Hall–Kier alpha value is -3.44. The van der Waals surface area contributed by atoms with E-state index in [1.54, 1.807) is 11.7 Å². The maximum atomic E-state index is 13.2. The lowest BCUT2D eigenvalue weighted by atomic mass is 10.1. The molecule has 32 heavy (non-hydrogen) atoms.